The maximum atomic E-state index is 11.4. The van der Waals surface area contributed by atoms with Crippen LogP contribution in [-0.4, -0.2) is 24.7 Å². The van der Waals surface area contributed by atoms with E-state index in [2.05, 4.69) is 0 Å². The van der Waals surface area contributed by atoms with E-state index < -0.39 is 11.0 Å². The Balaban J connectivity index is 2.47. The number of ether oxygens (including phenoxy) is 1. The van der Waals surface area contributed by atoms with Crippen LogP contribution in [0.25, 0.3) is 0 Å². The summed E-state index contributed by atoms with van der Waals surface area (Å²) in [5.74, 6) is 0. The fraction of sp³-hybridized carbons (Fsp3) is 0.300. The molecule has 0 bridgehead atoms. The van der Waals surface area contributed by atoms with Crippen LogP contribution in [0.2, 0.25) is 0 Å². The normalized spacial score (nSPS) is 15.1. The number of hydrogen-bond donors (Lipinski definition) is 0. The van der Waals surface area contributed by atoms with Crippen molar-refractivity contribution in [1.82, 2.24) is 0 Å². The third-order valence-electron chi connectivity index (χ3n) is 2.51. The summed E-state index contributed by atoms with van der Waals surface area (Å²) in [6, 6.07) is 4.43. The maximum absolute atomic E-state index is 11.4. The summed E-state index contributed by atoms with van der Waals surface area (Å²) in [5.41, 5.74) is 1.44. The van der Waals surface area contributed by atoms with Crippen LogP contribution in [0.15, 0.2) is 18.2 Å². The minimum atomic E-state index is -0.451. The monoisotopic (exact) mass is 222 g/mol. The highest BCUT2D eigenvalue weighted by Crippen LogP contribution is 2.27. The molecule has 6 nitrogen and oxygen atoms in total. The van der Waals surface area contributed by atoms with E-state index in [9.17, 15) is 14.9 Å². The van der Waals surface area contributed by atoms with Gasteiger partial charge in [0.05, 0.1) is 17.2 Å². The molecule has 0 unspecified atom stereocenters. The second-order valence-electron chi connectivity index (χ2n) is 3.49. The lowest BCUT2D eigenvalue weighted by Crippen LogP contribution is -2.25. The van der Waals surface area contributed by atoms with E-state index in [-0.39, 0.29) is 12.3 Å². The molecule has 6 heteroatoms. The fourth-order valence-electron chi connectivity index (χ4n) is 1.66. The van der Waals surface area contributed by atoms with Gasteiger partial charge in [-0.2, -0.15) is 0 Å². The number of nitrogens with zero attached hydrogens (tertiary/aromatic N) is 2. The minimum Gasteiger partial charge on any atom is -0.449 e. The van der Waals surface area contributed by atoms with Crippen molar-refractivity contribution in [2.45, 2.75) is 6.42 Å². The molecule has 0 atom stereocenters. The van der Waals surface area contributed by atoms with Gasteiger partial charge in [-0.15, -0.1) is 0 Å². The van der Waals surface area contributed by atoms with Crippen LogP contribution in [0.3, 0.4) is 0 Å². The first kappa shape index (κ1) is 10.4. The van der Waals surface area contributed by atoms with Gasteiger partial charge in [-0.1, -0.05) is 0 Å². The molecule has 0 spiro atoms. The number of carbonyl (C=O) groups is 1. The van der Waals surface area contributed by atoms with E-state index in [1.165, 1.54) is 17.0 Å². The molecule has 0 saturated heterocycles. The Kier molecular flexibility index (Phi) is 2.47. The van der Waals surface area contributed by atoms with Crippen molar-refractivity contribution in [3.8, 4) is 0 Å². The Morgan fingerprint density at radius 3 is 2.94 bits per heavy atom. The smallest absolute Gasteiger partial charge is 0.414 e. The molecule has 84 valence electrons. The van der Waals surface area contributed by atoms with Crippen molar-refractivity contribution in [2.75, 3.05) is 18.6 Å². The Hall–Kier alpha value is -2.11. The van der Waals surface area contributed by atoms with Crippen molar-refractivity contribution in [1.29, 1.82) is 0 Å². The van der Waals surface area contributed by atoms with Crippen LogP contribution in [0.5, 0.6) is 0 Å². The second-order valence-corrected chi connectivity index (χ2v) is 3.49. The van der Waals surface area contributed by atoms with Crippen molar-refractivity contribution in [3.63, 3.8) is 0 Å². The van der Waals surface area contributed by atoms with Crippen LogP contribution in [0.4, 0.5) is 16.2 Å². The standard InChI is InChI=1S/C10H10N2O4/c1-11-9-3-2-8(12(14)15)6-7(9)4-5-16-10(11)13/h2-3,6H,4-5H2,1H3. The third kappa shape index (κ3) is 1.69. The number of amides is 1. The van der Waals surface area contributed by atoms with Crippen LogP contribution in [-0.2, 0) is 11.2 Å². The highest BCUT2D eigenvalue weighted by atomic mass is 16.6. The van der Waals surface area contributed by atoms with Gasteiger partial charge in [0.2, 0.25) is 0 Å². The van der Waals surface area contributed by atoms with Crippen LogP contribution < -0.4 is 4.90 Å². The third-order valence-corrected chi connectivity index (χ3v) is 2.51. The predicted molar refractivity (Wildman–Crippen MR) is 56.6 cm³/mol. The number of anilines is 1. The molecule has 1 amide bonds. The molecule has 1 heterocycles. The Labute approximate surface area is 91.6 Å². The van der Waals surface area contributed by atoms with Crippen LogP contribution in [0.1, 0.15) is 5.56 Å². The second kappa shape index (κ2) is 3.80. The molecule has 0 saturated carbocycles. The van der Waals surface area contributed by atoms with Gasteiger partial charge in [0.1, 0.15) is 0 Å². The molecule has 16 heavy (non-hydrogen) atoms. The molecule has 1 aromatic rings. The Bertz CT molecular complexity index is 458. The van der Waals surface area contributed by atoms with Gasteiger partial charge in [-0.05, 0) is 11.6 Å². The van der Waals surface area contributed by atoms with E-state index in [1.807, 2.05) is 0 Å². The lowest BCUT2D eigenvalue weighted by molar-refractivity contribution is -0.384. The molecular formula is C10H10N2O4. The average Bonchev–Trinajstić information content (AvgIpc) is 2.40. The summed E-state index contributed by atoms with van der Waals surface area (Å²) in [7, 11) is 1.58. The molecule has 0 radical (unpaired) electrons. The average molecular weight is 222 g/mol. The molecule has 0 fully saturated rings. The summed E-state index contributed by atoms with van der Waals surface area (Å²) in [4.78, 5) is 22.9. The molecule has 2 rings (SSSR count). The van der Waals surface area contributed by atoms with Gasteiger partial charge in [0.15, 0.2) is 0 Å². The fourth-order valence-corrected chi connectivity index (χ4v) is 1.66. The van der Waals surface area contributed by atoms with Gasteiger partial charge in [0.25, 0.3) is 5.69 Å². The summed E-state index contributed by atoms with van der Waals surface area (Å²) in [5, 5.41) is 10.6. The quantitative estimate of drug-likeness (QED) is 0.535. The van der Waals surface area contributed by atoms with Gasteiger partial charge >= 0.3 is 6.09 Å². The van der Waals surface area contributed by atoms with Crippen molar-refractivity contribution in [2.24, 2.45) is 0 Å². The molecule has 1 aliphatic rings. The Morgan fingerprint density at radius 2 is 2.25 bits per heavy atom. The summed E-state index contributed by atoms with van der Waals surface area (Å²) >= 11 is 0. The molecule has 0 aliphatic carbocycles. The van der Waals surface area contributed by atoms with E-state index in [1.54, 1.807) is 13.1 Å². The SMILES string of the molecule is CN1C(=O)OCCc2cc([N+](=O)[O-])ccc21. The first-order valence-electron chi connectivity index (χ1n) is 4.77. The molecule has 1 aromatic carbocycles. The lowest BCUT2D eigenvalue weighted by atomic mass is 10.1. The number of nitro benzene ring substituents is 1. The lowest BCUT2D eigenvalue weighted by Gasteiger charge is -2.15. The van der Waals surface area contributed by atoms with Crippen molar-refractivity contribution < 1.29 is 14.5 Å². The number of fused-ring (bicyclic) bond motifs is 1. The van der Waals surface area contributed by atoms with E-state index in [0.29, 0.717) is 12.1 Å². The molecular weight excluding hydrogens is 212 g/mol. The highest BCUT2D eigenvalue weighted by Gasteiger charge is 2.21. The topological polar surface area (TPSA) is 72.7 Å². The van der Waals surface area contributed by atoms with Crippen molar-refractivity contribution in [3.05, 3.63) is 33.9 Å². The molecule has 0 N–H and O–H groups in total. The van der Waals surface area contributed by atoms with Gasteiger partial charge in [-0.25, -0.2) is 4.79 Å². The van der Waals surface area contributed by atoms with Gasteiger partial charge in [-0.3, -0.25) is 15.0 Å². The van der Waals surface area contributed by atoms with Gasteiger partial charge in [0, 0.05) is 25.6 Å². The van der Waals surface area contributed by atoms with Crippen LogP contribution in [0, 0.1) is 10.1 Å². The first-order valence-corrected chi connectivity index (χ1v) is 4.77. The van der Waals surface area contributed by atoms with Gasteiger partial charge < -0.3 is 4.74 Å². The number of carbonyl (C=O) groups excluding carboxylic acids is 1. The number of nitro groups is 1. The number of rotatable bonds is 1. The predicted octanol–water partition coefficient (Wildman–Crippen LogP) is 1.72. The zero-order chi connectivity index (χ0) is 11.7. The van der Waals surface area contributed by atoms with E-state index >= 15 is 0 Å². The Morgan fingerprint density at radius 1 is 1.50 bits per heavy atom. The first-order chi connectivity index (χ1) is 7.59. The van der Waals surface area contributed by atoms with E-state index in [0.717, 1.165) is 5.56 Å². The number of cyclic esters (lactones) is 1. The summed E-state index contributed by atoms with van der Waals surface area (Å²) < 4.78 is 4.92. The van der Waals surface area contributed by atoms with Crippen LogP contribution >= 0.6 is 0 Å². The van der Waals surface area contributed by atoms with Crippen molar-refractivity contribution >= 4 is 17.5 Å². The largest absolute Gasteiger partial charge is 0.449 e. The number of hydrogen-bond acceptors (Lipinski definition) is 4. The van der Waals surface area contributed by atoms with E-state index in [4.69, 9.17) is 4.74 Å². The zero-order valence-electron chi connectivity index (χ0n) is 8.67. The maximum Gasteiger partial charge on any atom is 0.414 e. The minimum absolute atomic E-state index is 0.0292. The number of non-ortho nitro benzene ring substituents is 1. The highest BCUT2D eigenvalue weighted by molar-refractivity contribution is 5.89. The molecule has 0 aromatic heterocycles. The molecule has 1 aliphatic heterocycles. The number of benzene rings is 1. The zero-order valence-corrected chi connectivity index (χ0v) is 8.67. The summed E-state index contributed by atoms with van der Waals surface area (Å²) in [6.45, 7) is 0.247. The summed E-state index contributed by atoms with van der Waals surface area (Å²) in [6.07, 6.45) is 0.0557.